The zero-order valence-electron chi connectivity index (χ0n) is 12.5. The molecular weight excluding hydrogens is 275 g/mol. The van der Waals surface area contributed by atoms with Crippen LogP contribution < -0.4 is 16.0 Å². The first-order valence-electron chi connectivity index (χ1n) is 6.97. The number of halogens is 1. The van der Waals surface area contributed by atoms with Gasteiger partial charge in [0.05, 0.1) is 11.8 Å². The van der Waals surface area contributed by atoms with Crippen molar-refractivity contribution in [1.29, 1.82) is 0 Å². The molecule has 1 rings (SSSR count). The number of nitrogens with one attached hydrogen (secondary N) is 3. The van der Waals surface area contributed by atoms with Crippen LogP contribution >= 0.6 is 0 Å². The van der Waals surface area contributed by atoms with E-state index >= 15 is 0 Å². The van der Waals surface area contributed by atoms with Crippen LogP contribution in [0.5, 0.6) is 0 Å². The molecule has 0 spiro atoms. The van der Waals surface area contributed by atoms with Crippen LogP contribution in [0.15, 0.2) is 12.3 Å². The number of carbonyl (C=O) groups is 2. The molecule has 1 atom stereocenters. The van der Waals surface area contributed by atoms with Crippen molar-refractivity contribution in [1.82, 2.24) is 15.6 Å². The van der Waals surface area contributed by atoms with Crippen molar-refractivity contribution in [3.8, 4) is 0 Å². The first-order chi connectivity index (χ1) is 9.99. The molecule has 1 aromatic heterocycles. The lowest BCUT2D eigenvalue weighted by Crippen LogP contribution is -2.45. The molecule has 1 unspecified atom stereocenters. The molecule has 0 aromatic carbocycles. The van der Waals surface area contributed by atoms with Crippen molar-refractivity contribution < 1.29 is 14.0 Å². The van der Waals surface area contributed by atoms with Gasteiger partial charge in [0.1, 0.15) is 17.7 Å². The number of rotatable bonds is 7. The monoisotopic (exact) mass is 296 g/mol. The molecule has 0 saturated heterocycles. The summed E-state index contributed by atoms with van der Waals surface area (Å²) in [4.78, 5) is 27.7. The molecule has 0 aliphatic heterocycles. The molecule has 0 fully saturated rings. The predicted octanol–water partition coefficient (Wildman–Crippen LogP) is 1.30. The molecule has 0 radical (unpaired) electrons. The van der Waals surface area contributed by atoms with Gasteiger partial charge in [0, 0.05) is 13.1 Å². The van der Waals surface area contributed by atoms with E-state index in [1.54, 1.807) is 6.92 Å². The second-order valence-corrected chi connectivity index (χ2v) is 4.57. The Labute approximate surface area is 123 Å². The van der Waals surface area contributed by atoms with Gasteiger partial charge in [0.25, 0.3) is 5.91 Å². The molecule has 0 saturated carbocycles. The Bertz CT molecular complexity index is 508. The smallest absolute Gasteiger partial charge is 0.255 e. The van der Waals surface area contributed by atoms with E-state index in [2.05, 4.69) is 20.9 Å². The molecule has 1 aromatic rings. The van der Waals surface area contributed by atoms with Crippen LogP contribution in [0.2, 0.25) is 0 Å². The molecule has 2 amide bonds. The second-order valence-electron chi connectivity index (χ2n) is 4.57. The molecule has 7 heteroatoms. The van der Waals surface area contributed by atoms with Crippen molar-refractivity contribution in [3.63, 3.8) is 0 Å². The average molecular weight is 296 g/mol. The van der Waals surface area contributed by atoms with Gasteiger partial charge in [-0.05, 0) is 26.3 Å². The third-order valence-corrected chi connectivity index (χ3v) is 2.73. The first-order valence-corrected chi connectivity index (χ1v) is 6.97. The van der Waals surface area contributed by atoms with E-state index < -0.39 is 17.8 Å². The topological polar surface area (TPSA) is 83.1 Å². The summed E-state index contributed by atoms with van der Waals surface area (Å²) in [6.07, 6.45) is 1.84. The lowest BCUT2D eigenvalue weighted by atomic mass is 10.2. The highest BCUT2D eigenvalue weighted by atomic mass is 19.1. The number of nitrogens with zero attached hydrogens (tertiary/aromatic N) is 1. The van der Waals surface area contributed by atoms with Crippen LogP contribution in [-0.2, 0) is 4.79 Å². The van der Waals surface area contributed by atoms with Crippen molar-refractivity contribution >= 4 is 17.6 Å². The van der Waals surface area contributed by atoms with Gasteiger partial charge in [-0.1, -0.05) is 6.92 Å². The summed E-state index contributed by atoms with van der Waals surface area (Å²) in [5.41, 5.74) is 0.0759. The minimum absolute atomic E-state index is 0.0759. The fraction of sp³-hybridized carbons (Fsp3) is 0.500. The van der Waals surface area contributed by atoms with E-state index in [1.165, 1.54) is 0 Å². The Balaban J connectivity index is 2.79. The highest BCUT2D eigenvalue weighted by Gasteiger charge is 2.19. The number of anilines is 1. The van der Waals surface area contributed by atoms with Gasteiger partial charge in [-0.3, -0.25) is 9.59 Å². The Morgan fingerprint density at radius 3 is 2.71 bits per heavy atom. The minimum Gasteiger partial charge on any atom is -0.370 e. The lowest BCUT2D eigenvalue weighted by Gasteiger charge is -2.15. The summed E-state index contributed by atoms with van der Waals surface area (Å²) in [6, 6.07) is 0.388. The van der Waals surface area contributed by atoms with Crippen LogP contribution in [0.4, 0.5) is 10.2 Å². The number of aromatic nitrogens is 1. The highest BCUT2D eigenvalue weighted by Crippen LogP contribution is 2.13. The first kappa shape index (κ1) is 16.9. The van der Waals surface area contributed by atoms with Gasteiger partial charge in [-0.15, -0.1) is 0 Å². The molecule has 116 valence electrons. The maximum Gasteiger partial charge on any atom is 0.255 e. The normalized spacial score (nSPS) is 11.6. The van der Waals surface area contributed by atoms with Gasteiger partial charge < -0.3 is 16.0 Å². The van der Waals surface area contributed by atoms with Gasteiger partial charge in [-0.2, -0.15) is 0 Å². The Morgan fingerprint density at radius 2 is 2.10 bits per heavy atom. The summed E-state index contributed by atoms with van der Waals surface area (Å²) in [5.74, 6) is -1.14. The molecule has 1 heterocycles. The van der Waals surface area contributed by atoms with E-state index in [-0.39, 0.29) is 17.3 Å². The van der Waals surface area contributed by atoms with E-state index in [9.17, 15) is 14.0 Å². The van der Waals surface area contributed by atoms with Gasteiger partial charge >= 0.3 is 0 Å². The Morgan fingerprint density at radius 1 is 1.38 bits per heavy atom. The summed E-state index contributed by atoms with van der Waals surface area (Å²) < 4.78 is 13.3. The van der Waals surface area contributed by atoms with E-state index in [0.717, 1.165) is 18.7 Å². The average Bonchev–Trinajstić information content (AvgIpc) is 2.46. The quantitative estimate of drug-likeness (QED) is 0.708. The third kappa shape index (κ3) is 5.02. The number of amides is 2. The van der Waals surface area contributed by atoms with Crippen LogP contribution in [0.25, 0.3) is 0 Å². The van der Waals surface area contributed by atoms with E-state index in [0.29, 0.717) is 13.1 Å². The molecule has 3 N–H and O–H groups in total. The number of hydrogen-bond acceptors (Lipinski definition) is 4. The summed E-state index contributed by atoms with van der Waals surface area (Å²) >= 11 is 0. The van der Waals surface area contributed by atoms with Crippen molar-refractivity contribution in [2.75, 3.05) is 18.4 Å². The third-order valence-electron chi connectivity index (χ3n) is 2.73. The Kier molecular flexibility index (Phi) is 6.58. The van der Waals surface area contributed by atoms with Gasteiger partial charge in [0.15, 0.2) is 0 Å². The largest absolute Gasteiger partial charge is 0.370 e. The molecule has 21 heavy (non-hydrogen) atoms. The highest BCUT2D eigenvalue weighted by molar-refractivity contribution is 6.01. The standard InChI is InChI=1S/C14H21FN4O2/c1-4-6-17-13(20)9(3)19-14(21)11-7-10(15)8-18-12(11)16-5-2/h7-9H,4-6H2,1-3H3,(H,16,18)(H,17,20)(H,19,21). The van der Waals surface area contributed by atoms with Crippen LogP contribution in [0, 0.1) is 5.82 Å². The lowest BCUT2D eigenvalue weighted by molar-refractivity contribution is -0.122. The fourth-order valence-electron chi connectivity index (χ4n) is 1.66. The summed E-state index contributed by atoms with van der Waals surface area (Å²) in [5, 5.41) is 8.10. The van der Waals surface area contributed by atoms with Crippen molar-refractivity contribution in [2.45, 2.75) is 33.2 Å². The van der Waals surface area contributed by atoms with Crippen LogP contribution in [0.1, 0.15) is 37.6 Å². The molecule has 0 bridgehead atoms. The predicted molar refractivity (Wildman–Crippen MR) is 78.6 cm³/mol. The number of hydrogen-bond donors (Lipinski definition) is 3. The zero-order valence-corrected chi connectivity index (χ0v) is 12.5. The minimum atomic E-state index is -0.707. The number of carbonyl (C=O) groups excluding carboxylic acids is 2. The van der Waals surface area contributed by atoms with Crippen LogP contribution in [-0.4, -0.2) is 35.9 Å². The fourth-order valence-corrected chi connectivity index (χ4v) is 1.66. The van der Waals surface area contributed by atoms with Crippen LogP contribution in [0.3, 0.4) is 0 Å². The number of pyridine rings is 1. The maximum atomic E-state index is 13.3. The molecular formula is C14H21FN4O2. The van der Waals surface area contributed by atoms with Crippen molar-refractivity contribution in [3.05, 3.63) is 23.6 Å². The molecule has 0 aliphatic rings. The van der Waals surface area contributed by atoms with Crippen molar-refractivity contribution in [2.24, 2.45) is 0 Å². The Hall–Kier alpha value is -2.18. The maximum absolute atomic E-state index is 13.3. The second kappa shape index (κ2) is 8.18. The van der Waals surface area contributed by atoms with Gasteiger partial charge in [0.2, 0.25) is 5.91 Å². The SMILES string of the molecule is CCCNC(=O)C(C)NC(=O)c1cc(F)cnc1NCC. The molecule has 0 aliphatic carbocycles. The summed E-state index contributed by atoms with van der Waals surface area (Å²) in [6.45, 7) is 6.44. The van der Waals surface area contributed by atoms with Gasteiger partial charge in [-0.25, -0.2) is 9.37 Å². The van der Waals surface area contributed by atoms with E-state index in [4.69, 9.17) is 0 Å². The zero-order chi connectivity index (χ0) is 15.8. The summed E-state index contributed by atoms with van der Waals surface area (Å²) in [7, 11) is 0. The van der Waals surface area contributed by atoms with E-state index in [1.807, 2.05) is 13.8 Å². The molecule has 6 nitrogen and oxygen atoms in total.